The van der Waals surface area contributed by atoms with Gasteiger partial charge in [-0.1, -0.05) is 49.3 Å². The van der Waals surface area contributed by atoms with Gasteiger partial charge in [-0.2, -0.15) is 4.98 Å². The van der Waals surface area contributed by atoms with Crippen molar-refractivity contribution in [3.63, 3.8) is 0 Å². The van der Waals surface area contributed by atoms with E-state index in [1.807, 2.05) is 37.3 Å². The van der Waals surface area contributed by atoms with Crippen molar-refractivity contribution in [2.45, 2.75) is 46.1 Å². The molecule has 1 amide bonds. The van der Waals surface area contributed by atoms with Crippen LogP contribution in [0.2, 0.25) is 0 Å². The molecule has 1 aromatic heterocycles. The summed E-state index contributed by atoms with van der Waals surface area (Å²) in [5.41, 5.74) is 0.931. The Hall–Kier alpha value is -2.17. The second-order valence-corrected chi connectivity index (χ2v) is 5.83. The average molecular weight is 301 g/mol. The zero-order valence-corrected chi connectivity index (χ0v) is 13.4. The molecule has 0 aliphatic carbocycles. The topological polar surface area (TPSA) is 68.0 Å². The summed E-state index contributed by atoms with van der Waals surface area (Å²) in [5, 5.41) is 6.96. The number of aryl methyl sites for hydroxylation is 1. The van der Waals surface area contributed by atoms with E-state index in [-0.39, 0.29) is 11.9 Å². The van der Waals surface area contributed by atoms with E-state index in [2.05, 4.69) is 29.3 Å². The Balaban J connectivity index is 1.78. The molecule has 0 spiro atoms. The lowest BCUT2D eigenvalue weighted by molar-refractivity contribution is -0.122. The van der Waals surface area contributed by atoms with E-state index >= 15 is 0 Å². The Kier molecular flexibility index (Phi) is 5.69. The largest absolute Gasteiger partial charge is 0.353 e. The number of benzene rings is 1. The molecule has 0 aliphatic heterocycles. The van der Waals surface area contributed by atoms with E-state index < -0.39 is 0 Å². The van der Waals surface area contributed by atoms with Gasteiger partial charge in [0.15, 0.2) is 0 Å². The zero-order chi connectivity index (χ0) is 15.9. The first kappa shape index (κ1) is 16.2. The zero-order valence-electron chi connectivity index (χ0n) is 13.4. The van der Waals surface area contributed by atoms with Gasteiger partial charge in [0.2, 0.25) is 17.6 Å². The van der Waals surface area contributed by atoms with E-state index in [9.17, 15) is 4.79 Å². The second kappa shape index (κ2) is 7.73. The van der Waals surface area contributed by atoms with Gasteiger partial charge in [-0.05, 0) is 19.3 Å². The van der Waals surface area contributed by atoms with Gasteiger partial charge >= 0.3 is 0 Å². The third-order valence-electron chi connectivity index (χ3n) is 3.68. The molecule has 1 aromatic carbocycles. The van der Waals surface area contributed by atoms with Crippen LogP contribution in [0.25, 0.3) is 11.4 Å². The van der Waals surface area contributed by atoms with E-state index in [0.717, 1.165) is 5.56 Å². The number of nitrogens with one attached hydrogen (secondary N) is 1. The summed E-state index contributed by atoms with van der Waals surface area (Å²) in [6.45, 7) is 6.20. The van der Waals surface area contributed by atoms with E-state index in [4.69, 9.17) is 4.52 Å². The van der Waals surface area contributed by atoms with Crippen LogP contribution in [0.4, 0.5) is 0 Å². The molecule has 1 heterocycles. The van der Waals surface area contributed by atoms with Crippen LogP contribution in [0.3, 0.4) is 0 Å². The molecule has 0 bridgehead atoms. The maximum atomic E-state index is 11.8. The second-order valence-electron chi connectivity index (χ2n) is 5.83. The number of carbonyl (C=O) groups is 1. The maximum Gasteiger partial charge on any atom is 0.226 e. The van der Waals surface area contributed by atoms with Crippen LogP contribution in [0.1, 0.15) is 39.5 Å². The molecular formula is C17H23N3O2. The summed E-state index contributed by atoms with van der Waals surface area (Å²) in [4.78, 5) is 16.2. The normalized spacial score (nSPS) is 12.4. The van der Waals surface area contributed by atoms with Gasteiger partial charge in [0, 0.05) is 24.4 Å². The molecule has 0 radical (unpaired) electrons. The molecule has 5 heteroatoms. The predicted molar refractivity (Wildman–Crippen MR) is 85.1 cm³/mol. The summed E-state index contributed by atoms with van der Waals surface area (Å²) in [5.74, 6) is 1.68. The smallest absolute Gasteiger partial charge is 0.226 e. The van der Waals surface area contributed by atoms with Crippen LogP contribution in [-0.2, 0) is 11.2 Å². The predicted octanol–water partition coefficient (Wildman–Crippen LogP) is 3.22. The number of aromatic nitrogens is 2. The van der Waals surface area contributed by atoms with Crippen LogP contribution >= 0.6 is 0 Å². The van der Waals surface area contributed by atoms with Crippen molar-refractivity contribution >= 4 is 5.91 Å². The van der Waals surface area contributed by atoms with Crippen molar-refractivity contribution in [3.05, 3.63) is 36.2 Å². The molecule has 2 aromatic rings. The molecule has 118 valence electrons. The van der Waals surface area contributed by atoms with Crippen molar-refractivity contribution in [2.75, 3.05) is 0 Å². The van der Waals surface area contributed by atoms with Crippen LogP contribution in [0.15, 0.2) is 34.9 Å². The number of nitrogens with zero attached hydrogens (tertiary/aromatic N) is 2. The first-order valence-electron chi connectivity index (χ1n) is 7.73. The first-order chi connectivity index (χ1) is 10.6. The lowest BCUT2D eigenvalue weighted by Crippen LogP contribution is -2.35. The molecule has 0 aliphatic rings. The third-order valence-corrected chi connectivity index (χ3v) is 3.68. The summed E-state index contributed by atoms with van der Waals surface area (Å²) in [6.07, 6.45) is 1.79. The molecule has 5 nitrogen and oxygen atoms in total. The fraction of sp³-hybridized carbons (Fsp3) is 0.471. The van der Waals surface area contributed by atoms with Crippen LogP contribution in [-0.4, -0.2) is 22.1 Å². The number of carbonyl (C=O) groups excluding carboxylic acids is 1. The average Bonchev–Trinajstić information content (AvgIpc) is 2.97. The number of amides is 1. The Morgan fingerprint density at radius 1 is 1.23 bits per heavy atom. The molecule has 0 saturated heterocycles. The SMILES string of the molecule is CC(C)C(C)NC(=O)CCCc1nc(-c2ccccc2)no1. The molecule has 2 rings (SSSR count). The highest BCUT2D eigenvalue weighted by Gasteiger charge is 2.12. The Labute approximate surface area is 131 Å². The van der Waals surface area contributed by atoms with E-state index in [0.29, 0.717) is 36.9 Å². The van der Waals surface area contributed by atoms with Gasteiger partial charge in [-0.3, -0.25) is 4.79 Å². The highest BCUT2D eigenvalue weighted by molar-refractivity contribution is 5.76. The number of hydrogen-bond acceptors (Lipinski definition) is 4. The highest BCUT2D eigenvalue weighted by Crippen LogP contribution is 2.15. The van der Waals surface area contributed by atoms with Crippen molar-refractivity contribution in [2.24, 2.45) is 5.92 Å². The molecule has 1 N–H and O–H groups in total. The lowest BCUT2D eigenvalue weighted by atomic mass is 10.1. The van der Waals surface area contributed by atoms with Crippen LogP contribution in [0, 0.1) is 5.92 Å². The molecule has 22 heavy (non-hydrogen) atoms. The van der Waals surface area contributed by atoms with E-state index in [1.165, 1.54) is 0 Å². The Morgan fingerprint density at radius 3 is 2.64 bits per heavy atom. The minimum atomic E-state index is 0.0731. The van der Waals surface area contributed by atoms with Gasteiger partial charge in [0.25, 0.3) is 0 Å². The van der Waals surface area contributed by atoms with Crippen LogP contribution in [0.5, 0.6) is 0 Å². The van der Waals surface area contributed by atoms with Crippen molar-refractivity contribution in [1.29, 1.82) is 0 Å². The first-order valence-corrected chi connectivity index (χ1v) is 7.73. The number of hydrogen-bond donors (Lipinski definition) is 1. The summed E-state index contributed by atoms with van der Waals surface area (Å²) in [6, 6.07) is 9.89. The van der Waals surface area contributed by atoms with Gasteiger partial charge in [0.1, 0.15) is 0 Å². The highest BCUT2D eigenvalue weighted by atomic mass is 16.5. The Morgan fingerprint density at radius 2 is 1.95 bits per heavy atom. The quantitative estimate of drug-likeness (QED) is 0.852. The van der Waals surface area contributed by atoms with Crippen molar-refractivity contribution < 1.29 is 9.32 Å². The van der Waals surface area contributed by atoms with Gasteiger partial charge in [0.05, 0.1) is 0 Å². The fourth-order valence-corrected chi connectivity index (χ4v) is 1.95. The lowest BCUT2D eigenvalue weighted by Gasteiger charge is -2.17. The minimum Gasteiger partial charge on any atom is -0.353 e. The number of rotatable bonds is 7. The fourth-order valence-electron chi connectivity index (χ4n) is 1.95. The molecular weight excluding hydrogens is 278 g/mol. The van der Waals surface area contributed by atoms with Crippen molar-refractivity contribution in [1.82, 2.24) is 15.5 Å². The molecule has 0 fully saturated rings. The monoisotopic (exact) mass is 301 g/mol. The van der Waals surface area contributed by atoms with Crippen molar-refractivity contribution in [3.8, 4) is 11.4 Å². The summed E-state index contributed by atoms with van der Waals surface area (Å²) in [7, 11) is 0. The molecule has 1 atom stereocenters. The van der Waals surface area contributed by atoms with Gasteiger partial charge in [-0.15, -0.1) is 0 Å². The molecule has 0 saturated carbocycles. The standard InChI is InChI=1S/C17H23N3O2/c1-12(2)13(3)18-15(21)10-7-11-16-19-17(20-22-16)14-8-5-4-6-9-14/h4-6,8-9,12-13H,7,10-11H2,1-3H3,(H,18,21). The summed E-state index contributed by atoms with van der Waals surface area (Å²) >= 11 is 0. The third kappa shape index (κ3) is 4.69. The maximum absolute atomic E-state index is 11.8. The summed E-state index contributed by atoms with van der Waals surface area (Å²) < 4.78 is 5.23. The Bertz CT molecular complexity index is 593. The van der Waals surface area contributed by atoms with Gasteiger partial charge < -0.3 is 9.84 Å². The van der Waals surface area contributed by atoms with Crippen LogP contribution < -0.4 is 5.32 Å². The molecule has 1 unspecified atom stereocenters. The van der Waals surface area contributed by atoms with E-state index in [1.54, 1.807) is 0 Å². The minimum absolute atomic E-state index is 0.0731. The van der Waals surface area contributed by atoms with Gasteiger partial charge in [-0.25, -0.2) is 0 Å².